The van der Waals surface area contributed by atoms with Crippen LogP contribution in [-0.2, 0) is 23.5 Å². The molecule has 4 aromatic carbocycles. The van der Waals surface area contributed by atoms with Crippen LogP contribution in [0.25, 0.3) is 16.6 Å². The maximum atomic E-state index is 14.1. The Balaban J connectivity index is 1.08. The number of benzene rings is 4. The van der Waals surface area contributed by atoms with Crippen molar-refractivity contribution in [3.63, 3.8) is 0 Å². The molecule has 0 bridgehead atoms. The zero-order chi connectivity index (χ0) is 34.1. The van der Waals surface area contributed by atoms with E-state index in [2.05, 4.69) is 15.4 Å². The summed E-state index contributed by atoms with van der Waals surface area (Å²) in [6, 6.07) is 29.5. The van der Waals surface area contributed by atoms with Gasteiger partial charge in [-0.25, -0.2) is 4.68 Å². The molecule has 1 aliphatic heterocycles. The molecule has 1 aliphatic rings. The van der Waals surface area contributed by atoms with Gasteiger partial charge in [-0.05, 0) is 60.0 Å². The number of aliphatic hydroxyl groups excluding tert-OH is 1. The summed E-state index contributed by atoms with van der Waals surface area (Å²) in [6.07, 6.45) is 6.18. The minimum Gasteiger partial charge on any atom is -0.395 e. The summed E-state index contributed by atoms with van der Waals surface area (Å²) in [7, 11) is 0. The van der Waals surface area contributed by atoms with Gasteiger partial charge in [0.05, 0.1) is 47.0 Å². The number of carbonyl (C=O) groups is 1. The molecule has 3 N–H and O–H groups in total. The lowest BCUT2D eigenvalue weighted by Crippen LogP contribution is -2.44. The fourth-order valence-electron chi connectivity index (χ4n) is 6.58. The molecular formula is C38H35ClN6O4. The molecule has 248 valence electrons. The third-order valence-corrected chi connectivity index (χ3v) is 9.48. The van der Waals surface area contributed by atoms with Crippen molar-refractivity contribution in [2.45, 2.75) is 38.0 Å². The van der Waals surface area contributed by atoms with E-state index in [-0.39, 0.29) is 24.6 Å². The van der Waals surface area contributed by atoms with Gasteiger partial charge in [0.25, 0.3) is 11.5 Å². The molecule has 1 amide bonds. The highest BCUT2D eigenvalue weighted by Crippen LogP contribution is 2.46. The maximum Gasteiger partial charge on any atom is 0.279 e. The van der Waals surface area contributed by atoms with Crippen LogP contribution in [0.2, 0.25) is 5.02 Å². The first-order chi connectivity index (χ1) is 23.8. The van der Waals surface area contributed by atoms with E-state index in [1.807, 2.05) is 98.1 Å². The van der Waals surface area contributed by atoms with Crippen LogP contribution in [0.5, 0.6) is 0 Å². The molecule has 0 aliphatic carbocycles. The van der Waals surface area contributed by atoms with Gasteiger partial charge in [-0.15, -0.1) is 5.10 Å². The molecular weight excluding hydrogens is 640 g/mol. The number of allylic oxidation sites excluding steroid dienone is 1. The molecule has 6 aromatic rings. The van der Waals surface area contributed by atoms with E-state index in [0.717, 1.165) is 16.6 Å². The van der Waals surface area contributed by atoms with Gasteiger partial charge in [-0.3, -0.25) is 19.4 Å². The number of aromatic nitrogens is 5. The Labute approximate surface area is 287 Å². The lowest BCUT2D eigenvalue weighted by atomic mass is 9.83. The van der Waals surface area contributed by atoms with Crippen LogP contribution in [0.4, 0.5) is 5.69 Å². The molecule has 3 heterocycles. The molecule has 0 radical (unpaired) electrons. The summed E-state index contributed by atoms with van der Waals surface area (Å²) in [4.78, 5) is 28.8. The second kappa shape index (κ2) is 13.3. The number of halogens is 1. The van der Waals surface area contributed by atoms with Crippen molar-refractivity contribution < 1.29 is 15.0 Å². The molecule has 1 unspecified atom stereocenters. The number of rotatable bonds is 11. The fraction of sp³-hybridized carbons (Fsp3) is 0.211. The predicted molar refractivity (Wildman–Crippen MR) is 189 cm³/mol. The van der Waals surface area contributed by atoms with E-state index in [0.29, 0.717) is 46.0 Å². The lowest BCUT2D eigenvalue weighted by Gasteiger charge is -2.27. The largest absolute Gasteiger partial charge is 0.395 e. The van der Waals surface area contributed by atoms with Gasteiger partial charge in [-0.2, -0.15) is 0 Å². The first-order valence-electron chi connectivity index (χ1n) is 16.1. The monoisotopic (exact) mass is 674 g/mol. The van der Waals surface area contributed by atoms with Crippen molar-refractivity contribution in [2.75, 3.05) is 11.5 Å². The fourth-order valence-corrected chi connectivity index (χ4v) is 6.75. The molecule has 7 rings (SSSR count). The molecule has 0 fully saturated rings. The number of aryl methyl sites for hydroxylation is 1. The Bertz CT molecular complexity index is 2220. The normalized spacial score (nSPS) is 17.2. The van der Waals surface area contributed by atoms with Crippen molar-refractivity contribution in [3.8, 4) is 5.69 Å². The van der Waals surface area contributed by atoms with Gasteiger partial charge in [0, 0.05) is 29.2 Å². The SMILES string of the molecule is C[C@H](/C=C/CCn1cc(C(CO)c2ccccc2)nn1)[C@@]1(O)C(=O)N(Cc2cccc(-n3[nH]c4ccccc4c3=O)c2)c2ccc(Cl)cc21. The maximum absolute atomic E-state index is 14.1. The van der Waals surface area contributed by atoms with E-state index in [1.54, 1.807) is 33.8 Å². The standard InChI is InChI=1S/C38H35ClN6O4/c1-25(10-7-8-19-43-23-34(40-42-43)31(24-46)27-12-3-2-4-13-27)38(49)32-21-28(39)17-18-35(32)44(37(38)48)22-26-11-9-14-29(20-26)45-36(47)30-15-5-6-16-33(30)41-45/h2-7,9-18,20-21,23,25,31,41,46,49H,8,19,22,24H2,1H3/b10-7+/t25-,31?,38+/m1/s1. The van der Waals surface area contributed by atoms with Crippen molar-refractivity contribution in [1.82, 2.24) is 24.8 Å². The van der Waals surface area contributed by atoms with Crippen LogP contribution in [0.15, 0.2) is 120 Å². The Morgan fingerprint density at radius 1 is 0.980 bits per heavy atom. The average molecular weight is 675 g/mol. The van der Waals surface area contributed by atoms with Crippen molar-refractivity contribution >= 4 is 34.1 Å². The van der Waals surface area contributed by atoms with Gasteiger partial charge < -0.3 is 15.1 Å². The number of aromatic amines is 1. The molecule has 2 aromatic heterocycles. The Morgan fingerprint density at radius 3 is 2.57 bits per heavy atom. The highest BCUT2D eigenvalue weighted by atomic mass is 35.5. The third kappa shape index (κ3) is 5.99. The number of fused-ring (bicyclic) bond motifs is 2. The number of nitrogens with one attached hydrogen (secondary N) is 1. The Morgan fingerprint density at radius 2 is 1.78 bits per heavy atom. The van der Waals surface area contributed by atoms with Crippen LogP contribution in [0.3, 0.4) is 0 Å². The highest BCUT2D eigenvalue weighted by molar-refractivity contribution is 6.31. The Hall–Kier alpha value is -5.29. The van der Waals surface area contributed by atoms with E-state index < -0.39 is 17.4 Å². The van der Waals surface area contributed by atoms with Crippen LogP contribution < -0.4 is 10.5 Å². The summed E-state index contributed by atoms with van der Waals surface area (Å²) >= 11 is 6.39. The summed E-state index contributed by atoms with van der Waals surface area (Å²) in [5.41, 5.74) is 2.83. The average Bonchev–Trinajstić information content (AvgIpc) is 3.78. The first kappa shape index (κ1) is 32.3. The zero-order valence-electron chi connectivity index (χ0n) is 26.8. The first-order valence-corrected chi connectivity index (χ1v) is 16.5. The van der Waals surface area contributed by atoms with Crippen LogP contribution in [-0.4, -0.2) is 47.5 Å². The number of para-hydroxylation sites is 1. The molecule has 10 nitrogen and oxygen atoms in total. The number of carbonyl (C=O) groups excluding carboxylic acids is 1. The summed E-state index contributed by atoms with van der Waals surface area (Å²) in [5, 5.41) is 34.8. The summed E-state index contributed by atoms with van der Waals surface area (Å²) in [6.45, 7) is 2.44. The number of hydrogen-bond acceptors (Lipinski definition) is 6. The Kier molecular flexibility index (Phi) is 8.77. The van der Waals surface area contributed by atoms with Crippen LogP contribution in [0.1, 0.15) is 41.6 Å². The van der Waals surface area contributed by atoms with Gasteiger partial charge in [0.1, 0.15) is 0 Å². The molecule has 0 saturated heterocycles. The molecule has 49 heavy (non-hydrogen) atoms. The number of H-pyrrole nitrogens is 1. The van der Waals surface area contributed by atoms with Gasteiger partial charge >= 0.3 is 0 Å². The minimum atomic E-state index is -1.84. The van der Waals surface area contributed by atoms with Gasteiger partial charge in [0.2, 0.25) is 0 Å². The smallest absolute Gasteiger partial charge is 0.279 e. The minimum absolute atomic E-state index is 0.0786. The predicted octanol–water partition coefficient (Wildman–Crippen LogP) is 5.70. The van der Waals surface area contributed by atoms with Crippen molar-refractivity contribution in [1.29, 1.82) is 0 Å². The number of hydrogen-bond donors (Lipinski definition) is 3. The molecule has 11 heteroatoms. The van der Waals surface area contributed by atoms with E-state index in [9.17, 15) is 19.8 Å². The lowest BCUT2D eigenvalue weighted by molar-refractivity contribution is -0.139. The van der Waals surface area contributed by atoms with Crippen molar-refractivity contribution in [2.24, 2.45) is 5.92 Å². The van der Waals surface area contributed by atoms with Crippen LogP contribution >= 0.6 is 11.6 Å². The topological polar surface area (TPSA) is 129 Å². The van der Waals surface area contributed by atoms with E-state index >= 15 is 0 Å². The molecule has 0 spiro atoms. The second-order valence-electron chi connectivity index (χ2n) is 12.3. The van der Waals surface area contributed by atoms with Crippen LogP contribution in [0, 0.1) is 5.92 Å². The molecule has 3 atom stereocenters. The van der Waals surface area contributed by atoms with Crippen molar-refractivity contribution in [3.05, 3.63) is 153 Å². The number of amides is 1. The molecule has 0 saturated carbocycles. The van der Waals surface area contributed by atoms with E-state index in [1.165, 1.54) is 4.68 Å². The number of nitrogens with zero attached hydrogens (tertiary/aromatic N) is 5. The summed E-state index contributed by atoms with van der Waals surface area (Å²) in [5.74, 6) is -1.30. The second-order valence-corrected chi connectivity index (χ2v) is 12.8. The summed E-state index contributed by atoms with van der Waals surface area (Å²) < 4.78 is 3.21. The number of aliphatic hydroxyl groups is 2. The van der Waals surface area contributed by atoms with Gasteiger partial charge in [-0.1, -0.05) is 90.5 Å². The quantitative estimate of drug-likeness (QED) is 0.151. The number of anilines is 1. The highest BCUT2D eigenvalue weighted by Gasteiger charge is 2.52. The van der Waals surface area contributed by atoms with Gasteiger partial charge in [0.15, 0.2) is 5.60 Å². The van der Waals surface area contributed by atoms with E-state index in [4.69, 9.17) is 11.6 Å². The third-order valence-electron chi connectivity index (χ3n) is 9.24. The zero-order valence-corrected chi connectivity index (χ0v) is 27.5.